The number of hydrogen-bond acceptors (Lipinski definition) is 5. The van der Waals surface area contributed by atoms with Gasteiger partial charge in [-0.25, -0.2) is 9.78 Å². The first-order valence-electron chi connectivity index (χ1n) is 6.03. The van der Waals surface area contributed by atoms with Crippen molar-refractivity contribution in [2.24, 2.45) is 0 Å². The van der Waals surface area contributed by atoms with Gasteiger partial charge in [-0.1, -0.05) is 6.07 Å². The third kappa shape index (κ3) is 3.48. The highest BCUT2D eigenvalue weighted by molar-refractivity contribution is 5.85. The van der Waals surface area contributed by atoms with E-state index in [1.54, 1.807) is 18.2 Å². The lowest BCUT2D eigenvalue weighted by molar-refractivity contribution is 0.0690. The molecule has 2 aromatic rings. The van der Waals surface area contributed by atoms with Gasteiger partial charge >= 0.3 is 5.97 Å². The number of carboxylic acids is 1. The van der Waals surface area contributed by atoms with Gasteiger partial charge in [0.2, 0.25) is 0 Å². The van der Waals surface area contributed by atoms with Crippen LogP contribution < -0.4 is 9.47 Å². The van der Waals surface area contributed by atoms with E-state index in [9.17, 15) is 4.79 Å². The average molecular weight is 284 g/mol. The summed E-state index contributed by atoms with van der Waals surface area (Å²) in [5.41, 5.74) is 1.24. The van der Waals surface area contributed by atoms with E-state index in [0.717, 1.165) is 5.56 Å². The number of methoxy groups -OCH3 is 1. The summed E-state index contributed by atoms with van der Waals surface area (Å²) < 4.78 is 10.6. The number of rotatable bonds is 5. The quantitative estimate of drug-likeness (QED) is 0.905. The molecule has 106 valence electrons. The maximum Gasteiger partial charge on any atom is 0.354 e. The minimum absolute atomic E-state index is 0.0395. The number of carbonyl (C=O) groups is 1. The van der Waals surface area contributed by atoms with Crippen LogP contribution >= 0.6 is 0 Å². The third-order valence-corrected chi connectivity index (χ3v) is 2.75. The molecule has 1 aromatic carbocycles. The second-order valence-electron chi connectivity index (χ2n) is 4.12. The second-order valence-corrected chi connectivity index (χ2v) is 4.12. The second kappa shape index (κ2) is 6.39. The highest BCUT2D eigenvalue weighted by Gasteiger charge is 2.06. The number of carboxylic acid groups (broad SMARTS) is 1. The number of pyridine rings is 1. The normalized spacial score (nSPS) is 9.71. The zero-order chi connectivity index (χ0) is 15.2. The molecule has 0 fully saturated rings. The van der Waals surface area contributed by atoms with E-state index < -0.39 is 5.97 Å². The van der Waals surface area contributed by atoms with Crippen molar-refractivity contribution >= 4 is 5.97 Å². The molecule has 0 atom stereocenters. The molecule has 21 heavy (non-hydrogen) atoms. The molecule has 0 unspecified atom stereocenters. The van der Waals surface area contributed by atoms with Crippen LogP contribution in [0.1, 0.15) is 21.6 Å². The van der Waals surface area contributed by atoms with Crippen molar-refractivity contribution in [3.63, 3.8) is 0 Å². The summed E-state index contributed by atoms with van der Waals surface area (Å²) in [6.07, 6.45) is 1.35. The van der Waals surface area contributed by atoms with Crippen molar-refractivity contribution in [3.8, 4) is 17.6 Å². The van der Waals surface area contributed by atoms with Gasteiger partial charge in [-0.05, 0) is 29.8 Å². The standard InChI is InChI=1S/C15H12N2O4/c1-20-14-6-10(2-3-11(14)7-16)9-21-12-4-5-13(15(18)19)17-8-12/h2-6,8H,9H2,1H3,(H,18,19). The number of nitriles is 1. The Kier molecular flexibility index (Phi) is 4.36. The van der Waals surface area contributed by atoms with Crippen molar-refractivity contribution < 1.29 is 19.4 Å². The molecular formula is C15H12N2O4. The van der Waals surface area contributed by atoms with Gasteiger partial charge in [-0.2, -0.15) is 5.26 Å². The lowest BCUT2D eigenvalue weighted by Crippen LogP contribution is -2.01. The Morgan fingerprint density at radius 2 is 2.19 bits per heavy atom. The summed E-state index contributed by atoms with van der Waals surface area (Å²) in [4.78, 5) is 14.4. The lowest BCUT2D eigenvalue weighted by Gasteiger charge is -2.08. The lowest BCUT2D eigenvalue weighted by atomic mass is 10.1. The van der Waals surface area contributed by atoms with E-state index >= 15 is 0 Å². The van der Waals surface area contributed by atoms with Gasteiger partial charge in [0, 0.05) is 0 Å². The number of benzene rings is 1. The molecule has 0 spiro atoms. The molecule has 0 saturated heterocycles. The van der Waals surface area contributed by atoms with Crippen molar-refractivity contribution in [2.75, 3.05) is 7.11 Å². The topological polar surface area (TPSA) is 92.4 Å². The van der Waals surface area contributed by atoms with Crippen LogP contribution in [-0.4, -0.2) is 23.2 Å². The molecule has 0 radical (unpaired) electrons. The molecule has 0 bridgehead atoms. The van der Waals surface area contributed by atoms with Crippen LogP contribution in [0.5, 0.6) is 11.5 Å². The number of aromatic carboxylic acids is 1. The van der Waals surface area contributed by atoms with Crippen LogP contribution in [-0.2, 0) is 6.61 Å². The van der Waals surface area contributed by atoms with Crippen LogP contribution in [0.3, 0.4) is 0 Å². The predicted octanol–water partition coefficient (Wildman–Crippen LogP) is 2.24. The first-order chi connectivity index (χ1) is 10.1. The molecule has 0 amide bonds. The summed E-state index contributed by atoms with van der Waals surface area (Å²) in [5.74, 6) is -0.139. The van der Waals surface area contributed by atoms with Crippen molar-refractivity contribution in [3.05, 3.63) is 53.3 Å². The van der Waals surface area contributed by atoms with Crippen LogP contribution in [0, 0.1) is 11.3 Å². The fraction of sp³-hybridized carbons (Fsp3) is 0.133. The van der Waals surface area contributed by atoms with Gasteiger partial charge < -0.3 is 14.6 Å². The van der Waals surface area contributed by atoms with Crippen molar-refractivity contribution in [2.45, 2.75) is 6.61 Å². The molecule has 0 aliphatic heterocycles. The SMILES string of the molecule is COc1cc(COc2ccc(C(=O)O)nc2)ccc1C#N. The van der Waals surface area contributed by atoms with Crippen LogP contribution in [0.25, 0.3) is 0 Å². The Balaban J connectivity index is 2.06. The summed E-state index contributed by atoms with van der Waals surface area (Å²) in [6.45, 7) is 0.260. The van der Waals surface area contributed by atoms with Crippen LogP contribution in [0.2, 0.25) is 0 Å². The zero-order valence-corrected chi connectivity index (χ0v) is 11.2. The van der Waals surface area contributed by atoms with Crippen LogP contribution in [0.4, 0.5) is 0 Å². The molecule has 6 heteroatoms. The zero-order valence-electron chi connectivity index (χ0n) is 11.2. The number of ether oxygens (including phenoxy) is 2. The molecule has 0 saturated carbocycles. The van der Waals surface area contributed by atoms with E-state index in [0.29, 0.717) is 17.1 Å². The minimum Gasteiger partial charge on any atom is -0.495 e. The maximum atomic E-state index is 10.7. The molecule has 1 heterocycles. The highest BCUT2D eigenvalue weighted by Crippen LogP contribution is 2.20. The average Bonchev–Trinajstić information content (AvgIpc) is 2.52. The Bertz CT molecular complexity index is 690. The largest absolute Gasteiger partial charge is 0.495 e. The molecular weight excluding hydrogens is 272 g/mol. The Hall–Kier alpha value is -3.07. The van der Waals surface area contributed by atoms with Crippen LogP contribution in [0.15, 0.2) is 36.5 Å². The summed E-state index contributed by atoms with van der Waals surface area (Å²) >= 11 is 0. The van der Waals surface area contributed by atoms with Gasteiger partial charge in [-0.15, -0.1) is 0 Å². The predicted molar refractivity (Wildman–Crippen MR) is 73.2 cm³/mol. The molecule has 0 aliphatic carbocycles. The van der Waals surface area contributed by atoms with E-state index in [2.05, 4.69) is 4.98 Å². The van der Waals surface area contributed by atoms with Gasteiger partial charge in [-0.3, -0.25) is 0 Å². The monoisotopic (exact) mass is 284 g/mol. The molecule has 1 N–H and O–H groups in total. The fourth-order valence-corrected chi connectivity index (χ4v) is 1.68. The first-order valence-corrected chi connectivity index (χ1v) is 6.03. The van der Waals surface area contributed by atoms with Gasteiger partial charge in [0.15, 0.2) is 0 Å². The van der Waals surface area contributed by atoms with Gasteiger partial charge in [0.25, 0.3) is 0 Å². The summed E-state index contributed by atoms with van der Waals surface area (Å²) in [6, 6.07) is 10.1. The number of nitrogens with zero attached hydrogens (tertiary/aromatic N) is 2. The van der Waals surface area contributed by atoms with Gasteiger partial charge in [0.05, 0.1) is 18.9 Å². The summed E-state index contributed by atoms with van der Waals surface area (Å²) in [7, 11) is 1.50. The smallest absolute Gasteiger partial charge is 0.354 e. The fourth-order valence-electron chi connectivity index (χ4n) is 1.68. The number of hydrogen-bond donors (Lipinski definition) is 1. The Labute approximate surface area is 121 Å². The van der Waals surface area contributed by atoms with E-state index in [4.69, 9.17) is 19.8 Å². The minimum atomic E-state index is -1.08. The van der Waals surface area contributed by atoms with E-state index in [1.165, 1.54) is 25.4 Å². The number of aromatic nitrogens is 1. The first kappa shape index (κ1) is 14.3. The molecule has 0 aliphatic rings. The highest BCUT2D eigenvalue weighted by atomic mass is 16.5. The van der Waals surface area contributed by atoms with Crippen molar-refractivity contribution in [1.82, 2.24) is 4.98 Å². The van der Waals surface area contributed by atoms with E-state index in [-0.39, 0.29) is 12.3 Å². The Morgan fingerprint density at radius 1 is 1.38 bits per heavy atom. The van der Waals surface area contributed by atoms with E-state index in [1.807, 2.05) is 6.07 Å². The third-order valence-electron chi connectivity index (χ3n) is 2.75. The van der Waals surface area contributed by atoms with Crippen molar-refractivity contribution in [1.29, 1.82) is 5.26 Å². The maximum absolute atomic E-state index is 10.7. The molecule has 1 aromatic heterocycles. The summed E-state index contributed by atoms with van der Waals surface area (Å²) in [5, 5.41) is 17.6. The van der Waals surface area contributed by atoms with Gasteiger partial charge in [0.1, 0.15) is 29.9 Å². The molecule has 6 nitrogen and oxygen atoms in total. The molecule has 2 rings (SSSR count). The Morgan fingerprint density at radius 3 is 2.76 bits per heavy atom.